The molecule has 0 saturated heterocycles. The molecule has 6 nitrogen and oxygen atoms in total. The van der Waals surface area contributed by atoms with E-state index < -0.39 is 5.97 Å². The van der Waals surface area contributed by atoms with E-state index in [1.54, 1.807) is 12.1 Å². The standard InChI is InChI=1S/C12H11N3O3/c16-12(17)9-2-1-8-3-4-15(10(8)5-9)6-11-13-7-18-14-11/h1-2,5,7H,3-4,6H2,(H,16,17). The van der Waals surface area contributed by atoms with E-state index in [4.69, 9.17) is 9.63 Å². The van der Waals surface area contributed by atoms with Gasteiger partial charge in [0, 0.05) is 12.2 Å². The molecule has 0 bridgehead atoms. The normalized spacial score (nSPS) is 13.7. The van der Waals surface area contributed by atoms with Crippen molar-refractivity contribution in [1.82, 2.24) is 10.1 Å². The molecule has 2 heterocycles. The topological polar surface area (TPSA) is 79.5 Å². The largest absolute Gasteiger partial charge is 0.478 e. The van der Waals surface area contributed by atoms with Gasteiger partial charge < -0.3 is 14.5 Å². The van der Waals surface area contributed by atoms with Gasteiger partial charge in [0.2, 0.25) is 6.39 Å². The number of carbonyl (C=O) groups is 1. The molecule has 92 valence electrons. The van der Waals surface area contributed by atoms with Gasteiger partial charge >= 0.3 is 5.97 Å². The van der Waals surface area contributed by atoms with Crippen molar-refractivity contribution in [1.29, 1.82) is 0 Å². The lowest BCUT2D eigenvalue weighted by molar-refractivity contribution is 0.0697. The fourth-order valence-electron chi connectivity index (χ4n) is 2.18. The second kappa shape index (κ2) is 4.14. The summed E-state index contributed by atoms with van der Waals surface area (Å²) in [6, 6.07) is 5.21. The molecule has 6 heteroatoms. The van der Waals surface area contributed by atoms with Gasteiger partial charge in [-0.15, -0.1) is 0 Å². The molecule has 1 aliphatic heterocycles. The van der Waals surface area contributed by atoms with E-state index >= 15 is 0 Å². The Morgan fingerprint density at radius 1 is 1.50 bits per heavy atom. The van der Waals surface area contributed by atoms with E-state index in [1.807, 2.05) is 6.07 Å². The molecular formula is C12H11N3O3. The lowest BCUT2D eigenvalue weighted by atomic mass is 10.1. The van der Waals surface area contributed by atoms with Gasteiger partial charge in [-0.05, 0) is 24.1 Å². The third-order valence-corrected chi connectivity index (χ3v) is 3.06. The predicted molar refractivity (Wildman–Crippen MR) is 62.5 cm³/mol. The highest BCUT2D eigenvalue weighted by Crippen LogP contribution is 2.29. The minimum atomic E-state index is -0.913. The fraction of sp³-hybridized carbons (Fsp3) is 0.250. The fourth-order valence-corrected chi connectivity index (χ4v) is 2.18. The highest BCUT2D eigenvalue weighted by Gasteiger charge is 2.21. The van der Waals surface area contributed by atoms with Crippen LogP contribution in [0.25, 0.3) is 0 Å². The molecule has 0 spiro atoms. The van der Waals surface area contributed by atoms with Crippen molar-refractivity contribution in [3.8, 4) is 0 Å². The molecule has 0 saturated carbocycles. The van der Waals surface area contributed by atoms with Crippen molar-refractivity contribution in [2.75, 3.05) is 11.4 Å². The summed E-state index contributed by atoms with van der Waals surface area (Å²) < 4.78 is 4.69. The first-order chi connectivity index (χ1) is 8.74. The number of rotatable bonds is 3. The summed E-state index contributed by atoms with van der Waals surface area (Å²) in [6.07, 6.45) is 2.20. The molecule has 2 aromatic rings. The van der Waals surface area contributed by atoms with Crippen molar-refractivity contribution in [3.05, 3.63) is 41.5 Å². The van der Waals surface area contributed by atoms with Crippen LogP contribution in [0, 0.1) is 0 Å². The predicted octanol–water partition coefficient (Wildman–Crippen LogP) is 1.33. The van der Waals surface area contributed by atoms with Crippen LogP contribution in [0.2, 0.25) is 0 Å². The summed E-state index contributed by atoms with van der Waals surface area (Å²) in [6.45, 7) is 1.37. The molecule has 3 rings (SSSR count). The minimum absolute atomic E-state index is 0.300. The van der Waals surface area contributed by atoms with E-state index in [0.717, 1.165) is 24.2 Å². The highest BCUT2D eigenvalue weighted by molar-refractivity contribution is 5.89. The first kappa shape index (κ1) is 10.8. The van der Waals surface area contributed by atoms with Gasteiger partial charge in [0.15, 0.2) is 5.82 Å². The molecular weight excluding hydrogens is 234 g/mol. The van der Waals surface area contributed by atoms with E-state index in [0.29, 0.717) is 17.9 Å². The molecule has 0 fully saturated rings. The zero-order valence-corrected chi connectivity index (χ0v) is 9.54. The van der Waals surface area contributed by atoms with Gasteiger partial charge in [0.1, 0.15) is 0 Å². The monoisotopic (exact) mass is 245 g/mol. The molecule has 0 atom stereocenters. The summed E-state index contributed by atoms with van der Waals surface area (Å²) in [5.41, 5.74) is 2.40. The van der Waals surface area contributed by atoms with Gasteiger partial charge in [-0.2, -0.15) is 4.98 Å². The smallest absolute Gasteiger partial charge is 0.335 e. The van der Waals surface area contributed by atoms with E-state index in [-0.39, 0.29) is 0 Å². The average Bonchev–Trinajstić information content (AvgIpc) is 2.99. The molecule has 0 radical (unpaired) electrons. The Hall–Kier alpha value is -2.37. The van der Waals surface area contributed by atoms with Gasteiger partial charge in [-0.25, -0.2) is 4.79 Å². The summed E-state index contributed by atoms with van der Waals surface area (Å²) in [5, 5.41) is 12.8. The Morgan fingerprint density at radius 3 is 3.11 bits per heavy atom. The number of nitrogens with zero attached hydrogens (tertiary/aromatic N) is 3. The van der Waals surface area contributed by atoms with E-state index in [2.05, 4.69) is 15.0 Å². The van der Waals surface area contributed by atoms with Crippen molar-refractivity contribution < 1.29 is 14.4 Å². The minimum Gasteiger partial charge on any atom is -0.478 e. The Labute approximate surface area is 103 Å². The molecule has 0 unspecified atom stereocenters. The van der Waals surface area contributed by atoms with Crippen LogP contribution in [-0.4, -0.2) is 27.8 Å². The van der Waals surface area contributed by atoms with Crippen molar-refractivity contribution >= 4 is 11.7 Å². The number of benzene rings is 1. The van der Waals surface area contributed by atoms with Crippen LogP contribution in [0.15, 0.2) is 29.1 Å². The van der Waals surface area contributed by atoms with E-state index in [9.17, 15) is 4.79 Å². The van der Waals surface area contributed by atoms with Crippen LogP contribution in [0.4, 0.5) is 5.69 Å². The number of fused-ring (bicyclic) bond motifs is 1. The quantitative estimate of drug-likeness (QED) is 0.878. The van der Waals surface area contributed by atoms with Gasteiger partial charge in [-0.1, -0.05) is 11.2 Å². The first-order valence-corrected chi connectivity index (χ1v) is 5.60. The highest BCUT2D eigenvalue weighted by atomic mass is 16.5. The Bertz CT molecular complexity index is 580. The maximum Gasteiger partial charge on any atom is 0.335 e. The molecule has 1 aliphatic rings. The zero-order valence-electron chi connectivity index (χ0n) is 9.54. The lowest BCUT2D eigenvalue weighted by Crippen LogP contribution is -2.20. The number of hydrogen-bond donors (Lipinski definition) is 1. The van der Waals surface area contributed by atoms with Crippen molar-refractivity contribution in [3.63, 3.8) is 0 Å². The third-order valence-electron chi connectivity index (χ3n) is 3.06. The zero-order chi connectivity index (χ0) is 12.5. The van der Waals surface area contributed by atoms with E-state index in [1.165, 1.54) is 6.39 Å². The first-order valence-electron chi connectivity index (χ1n) is 5.60. The number of carboxylic acids is 1. The molecule has 1 aromatic carbocycles. The second-order valence-electron chi connectivity index (χ2n) is 4.17. The number of aromatic carboxylic acids is 1. The Kier molecular flexibility index (Phi) is 2.47. The number of aromatic nitrogens is 2. The maximum atomic E-state index is 11.0. The van der Waals surface area contributed by atoms with Gasteiger partial charge in [0.05, 0.1) is 12.1 Å². The van der Waals surface area contributed by atoms with Crippen LogP contribution in [0.5, 0.6) is 0 Å². The Balaban J connectivity index is 1.90. The third kappa shape index (κ3) is 1.81. The number of carboxylic acid groups (broad SMARTS) is 1. The molecule has 1 N–H and O–H groups in total. The molecule has 18 heavy (non-hydrogen) atoms. The lowest BCUT2D eigenvalue weighted by Gasteiger charge is -2.17. The summed E-state index contributed by atoms with van der Waals surface area (Å²) in [5.74, 6) is -0.312. The SMILES string of the molecule is O=C(O)c1ccc2c(c1)N(Cc1ncon1)CC2. The second-order valence-corrected chi connectivity index (χ2v) is 4.17. The van der Waals surface area contributed by atoms with Crippen LogP contribution in [-0.2, 0) is 13.0 Å². The van der Waals surface area contributed by atoms with Crippen LogP contribution < -0.4 is 4.90 Å². The molecule has 1 aromatic heterocycles. The molecule has 0 aliphatic carbocycles. The van der Waals surface area contributed by atoms with Gasteiger partial charge in [-0.3, -0.25) is 0 Å². The van der Waals surface area contributed by atoms with Crippen molar-refractivity contribution in [2.24, 2.45) is 0 Å². The Morgan fingerprint density at radius 2 is 2.39 bits per heavy atom. The summed E-state index contributed by atoms with van der Waals surface area (Å²) >= 11 is 0. The van der Waals surface area contributed by atoms with Crippen LogP contribution >= 0.6 is 0 Å². The van der Waals surface area contributed by atoms with Crippen LogP contribution in [0.1, 0.15) is 21.7 Å². The summed E-state index contributed by atoms with van der Waals surface area (Å²) in [7, 11) is 0. The average molecular weight is 245 g/mol. The number of anilines is 1. The maximum absolute atomic E-state index is 11.0. The molecule has 0 amide bonds. The number of hydrogen-bond acceptors (Lipinski definition) is 5. The van der Waals surface area contributed by atoms with Gasteiger partial charge in [0.25, 0.3) is 0 Å². The van der Waals surface area contributed by atoms with Crippen molar-refractivity contribution in [2.45, 2.75) is 13.0 Å². The summed E-state index contributed by atoms with van der Waals surface area (Å²) in [4.78, 5) is 17.0. The van der Waals surface area contributed by atoms with Crippen LogP contribution in [0.3, 0.4) is 0 Å².